The topological polar surface area (TPSA) is 75.6 Å². The second-order valence-corrected chi connectivity index (χ2v) is 4.67. The summed E-state index contributed by atoms with van der Waals surface area (Å²) in [4.78, 5) is 18.7. The highest BCUT2D eigenvalue weighted by molar-refractivity contribution is 5.92. The predicted molar refractivity (Wildman–Crippen MR) is 78.0 cm³/mol. The number of nitrogens with one attached hydrogen (secondary N) is 2. The highest BCUT2D eigenvalue weighted by Gasteiger charge is 2.15. The van der Waals surface area contributed by atoms with Crippen LogP contribution in [0.15, 0.2) is 55.2 Å². The zero-order chi connectivity index (χ0) is 14.7. The maximum Gasteiger partial charge on any atom is 0.269 e. The Labute approximate surface area is 121 Å². The molecule has 0 aliphatic carbocycles. The average molecular weight is 281 g/mol. The summed E-state index contributed by atoms with van der Waals surface area (Å²) in [5, 5.41) is 7.20. The summed E-state index contributed by atoms with van der Waals surface area (Å²) in [7, 11) is 0. The summed E-state index contributed by atoms with van der Waals surface area (Å²) in [5.41, 5.74) is 2.38. The van der Waals surface area contributed by atoms with E-state index in [-0.39, 0.29) is 11.9 Å². The van der Waals surface area contributed by atoms with Crippen LogP contribution < -0.4 is 5.32 Å². The van der Waals surface area contributed by atoms with Crippen molar-refractivity contribution in [2.24, 2.45) is 0 Å². The van der Waals surface area contributed by atoms with Gasteiger partial charge in [0.25, 0.3) is 5.91 Å². The van der Waals surface area contributed by atoms with Crippen LogP contribution in [0.2, 0.25) is 0 Å². The quantitative estimate of drug-likeness (QED) is 0.769. The van der Waals surface area contributed by atoms with Crippen LogP contribution in [0.1, 0.15) is 29.0 Å². The van der Waals surface area contributed by atoms with Gasteiger partial charge in [-0.2, -0.15) is 5.10 Å². The highest BCUT2D eigenvalue weighted by atomic mass is 16.1. The van der Waals surface area contributed by atoms with Gasteiger partial charge in [-0.05, 0) is 24.6 Å². The minimum Gasteiger partial charge on any atom is -0.344 e. The largest absolute Gasteiger partial charge is 0.344 e. The Bertz CT molecular complexity index is 718. The first-order valence-electron chi connectivity index (χ1n) is 6.64. The number of nitrogens with zero attached hydrogens (tertiary/aromatic N) is 3. The third-order valence-electron chi connectivity index (χ3n) is 3.24. The number of para-hydroxylation sites is 1. The van der Waals surface area contributed by atoms with E-state index in [1.165, 1.54) is 12.5 Å². The van der Waals surface area contributed by atoms with Gasteiger partial charge in [-0.1, -0.05) is 18.2 Å². The Morgan fingerprint density at radius 2 is 2.19 bits per heavy atom. The Balaban J connectivity index is 1.85. The van der Waals surface area contributed by atoms with Crippen molar-refractivity contribution in [3.8, 4) is 5.69 Å². The summed E-state index contributed by atoms with van der Waals surface area (Å²) in [6, 6.07) is 9.56. The summed E-state index contributed by atoms with van der Waals surface area (Å²) < 4.78 is 1.79. The molecule has 0 aliphatic rings. The molecule has 0 saturated carbocycles. The molecule has 3 rings (SSSR count). The molecule has 2 heterocycles. The van der Waals surface area contributed by atoms with Crippen molar-refractivity contribution >= 4 is 5.91 Å². The molecular formula is C15H15N5O. The van der Waals surface area contributed by atoms with Crippen LogP contribution in [0.25, 0.3) is 5.69 Å². The molecule has 1 amide bonds. The lowest BCUT2D eigenvalue weighted by atomic mass is 10.1. The van der Waals surface area contributed by atoms with E-state index in [2.05, 4.69) is 20.4 Å². The van der Waals surface area contributed by atoms with Gasteiger partial charge in [0.2, 0.25) is 0 Å². The number of aromatic nitrogens is 4. The number of carbonyl (C=O) groups excluding carboxylic acids is 1. The molecule has 1 atom stereocenters. The molecule has 0 unspecified atom stereocenters. The molecule has 0 bridgehead atoms. The lowest BCUT2D eigenvalue weighted by Gasteiger charge is -2.17. The van der Waals surface area contributed by atoms with E-state index >= 15 is 0 Å². The van der Waals surface area contributed by atoms with E-state index in [0.29, 0.717) is 5.69 Å². The van der Waals surface area contributed by atoms with Gasteiger partial charge in [0.1, 0.15) is 5.69 Å². The molecule has 6 heteroatoms. The molecule has 0 saturated heterocycles. The Kier molecular flexibility index (Phi) is 3.51. The second-order valence-electron chi connectivity index (χ2n) is 4.67. The maximum absolute atomic E-state index is 12.1. The molecule has 106 valence electrons. The first-order valence-corrected chi connectivity index (χ1v) is 6.64. The van der Waals surface area contributed by atoms with Crippen LogP contribution in [0.3, 0.4) is 0 Å². The van der Waals surface area contributed by atoms with Gasteiger partial charge in [-0.15, -0.1) is 0 Å². The fourth-order valence-corrected chi connectivity index (χ4v) is 2.21. The van der Waals surface area contributed by atoms with Crippen LogP contribution in [0.5, 0.6) is 0 Å². The number of aromatic amines is 1. The van der Waals surface area contributed by atoms with Crippen molar-refractivity contribution in [2.75, 3.05) is 0 Å². The van der Waals surface area contributed by atoms with Crippen molar-refractivity contribution in [2.45, 2.75) is 13.0 Å². The fourth-order valence-electron chi connectivity index (χ4n) is 2.21. The molecule has 0 aliphatic heterocycles. The number of imidazole rings is 1. The van der Waals surface area contributed by atoms with E-state index in [1.807, 2.05) is 43.5 Å². The zero-order valence-electron chi connectivity index (χ0n) is 11.5. The summed E-state index contributed by atoms with van der Waals surface area (Å²) in [6.45, 7) is 1.94. The monoisotopic (exact) mass is 281 g/mol. The Hall–Kier alpha value is -2.89. The van der Waals surface area contributed by atoms with E-state index in [4.69, 9.17) is 0 Å². The zero-order valence-corrected chi connectivity index (χ0v) is 11.5. The molecule has 0 radical (unpaired) electrons. The molecule has 2 aromatic heterocycles. The van der Waals surface area contributed by atoms with Gasteiger partial charge in [-0.3, -0.25) is 4.79 Å². The van der Waals surface area contributed by atoms with Crippen LogP contribution in [0.4, 0.5) is 0 Å². The molecule has 0 spiro atoms. The number of carbonyl (C=O) groups is 1. The first-order chi connectivity index (χ1) is 10.3. The number of hydrogen-bond donors (Lipinski definition) is 2. The lowest BCUT2D eigenvalue weighted by Crippen LogP contribution is -2.27. The van der Waals surface area contributed by atoms with Crippen molar-refractivity contribution in [1.82, 2.24) is 25.1 Å². The Morgan fingerprint density at radius 3 is 2.90 bits per heavy atom. The van der Waals surface area contributed by atoms with Crippen molar-refractivity contribution in [3.63, 3.8) is 0 Å². The second kappa shape index (κ2) is 5.62. The summed E-state index contributed by atoms with van der Waals surface area (Å²) >= 11 is 0. The molecule has 21 heavy (non-hydrogen) atoms. The molecule has 2 N–H and O–H groups in total. The summed E-state index contributed by atoms with van der Waals surface area (Å²) in [6.07, 6.45) is 6.59. The van der Waals surface area contributed by atoms with E-state index in [1.54, 1.807) is 10.9 Å². The lowest BCUT2D eigenvalue weighted by molar-refractivity contribution is 0.0935. The molecule has 3 aromatic rings. The highest BCUT2D eigenvalue weighted by Crippen LogP contribution is 2.21. The fraction of sp³-hybridized carbons (Fsp3) is 0.133. The van der Waals surface area contributed by atoms with Crippen LogP contribution in [-0.4, -0.2) is 25.7 Å². The number of benzene rings is 1. The van der Waals surface area contributed by atoms with Gasteiger partial charge in [0, 0.05) is 12.4 Å². The standard InChI is InChI=1S/C15H15N5O/c1-11(19-15(21)13-9-16-10-17-13)12-5-2-3-6-14(12)20-8-4-7-18-20/h2-11H,1H3,(H,16,17)(H,19,21)/t11-/m0/s1. The van der Waals surface area contributed by atoms with E-state index in [0.717, 1.165) is 11.3 Å². The average Bonchev–Trinajstić information content (AvgIpc) is 3.20. The van der Waals surface area contributed by atoms with Gasteiger partial charge in [0.15, 0.2) is 0 Å². The van der Waals surface area contributed by atoms with Crippen LogP contribution in [-0.2, 0) is 0 Å². The molecule has 6 nitrogen and oxygen atoms in total. The first kappa shape index (κ1) is 13.1. The van der Waals surface area contributed by atoms with Gasteiger partial charge in [-0.25, -0.2) is 9.67 Å². The van der Waals surface area contributed by atoms with Crippen molar-refractivity contribution in [1.29, 1.82) is 0 Å². The maximum atomic E-state index is 12.1. The van der Waals surface area contributed by atoms with Gasteiger partial charge in [0.05, 0.1) is 24.3 Å². The smallest absolute Gasteiger partial charge is 0.269 e. The Morgan fingerprint density at radius 1 is 1.33 bits per heavy atom. The number of amides is 1. The summed E-state index contributed by atoms with van der Waals surface area (Å²) in [5.74, 6) is -0.185. The van der Waals surface area contributed by atoms with Gasteiger partial charge >= 0.3 is 0 Å². The molecule has 1 aromatic carbocycles. The van der Waals surface area contributed by atoms with Crippen molar-refractivity contribution in [3.05, 3.63) is 66.5 Å². The van der Waals surface area contributed by atoms with E-state index < -0.39 is 0 Å². The minimum atomic E-state index is -0.185. The number of rotatable bonds is 4. The SMILES string of the molecule is C[C@H](NC(=O)c1cnc[nH]1)c1ccccc1-n1cccn1. The predicted octanol–water partition coefficient (Wildman–Crippen LogP) is 2.09. The van der Waals surface area contributed by atoms with Crippen LogP contribution in [0, 0.1) is 0 Å². The molecule has 0 fully saturated rings. The minimum absolute atomic E-state index is 0.152. The third-order valence-corrected chi connectivity index (χ3v) is 3.24. The molecular weight excluding hydrogens is 266 g/mol. The van der Waals surface area contributed by atoms with E-state index in [9.17, 15) is 4.79 Å². The van der Waals surface area contributed by atoms with Crippen molar-refractivity contribution < 1.29 is 4.79 Å². The number of hydrogen-bond acceptors (Lipinski definition) is 3. The number of H-pyrrole nitrogens is 1. The van der Waals surface area contributed by atoms with Gasteiger partial charge < -0.3 is 10.3 Å². The van der Waals surface area contributed by atoms with Crippen LogP contribution >= 0.6 is 0 Å². The third kappa shape index (κ3) is 2.69. The normalized spacial score (nSPS) is 12.0.